The predicted molar refractivity (Wildman–Crippen MR) is 282 cm³/mol. The quantitative estimate of drug-likeness (QED) is 0.152. The lowest BCUT2D eigenvalue weighted by molar-refractivity contribution is 0.670. The van der Waals surface area contributed by atoms with Gasteiger partial charge in [-0.3, -0.25) is 0 Å². The van der Waals surface area contributed by atoms with Gasteiger partial charge in [-0.15, -0.1) is 0 Å². The van der Waals surface area contributed by atoms with Gasteiger partial charge in [-0.25, -0.2) is 0 Å². The van der Waals surface area contributed by atoms with Crippen molar-refractivity contribution in [2.24, 2.45) is 0 Å². The first-order chi connectivity index (χ1) is 33.2. The Morgan fingerprint density at radius 3 is 1.64 bits per heavy atom. The lowest BCUT2D eigenvalue weighted by Gasteiger charge is -2.26. The van der Waals surface area contributed by atoms with Crippen LogP contribution in [0, 0.1) is 0 Å². The predicted octanol–water partition coefficient (Wildman–Crippen LogP) is 18.0. The average molecular weight is 855 g/mol. The molecular formula is C64H42N2O. The molecule has 0 fully saturated rings. The summed E-state index contributed by atoms with van der Waals surface area (Å²) >= 11 is 0. The molecule has 0 amide bonds. The lowest BCUT2D eigenvalue weighted by Crippen LogP contribution is -2.10. The van der Waals surface area contributed by atoms with Gasteiger partial charge in [0.05, 0.1) is 11.0 Å². The Labute approximate surface area is 388 Å². The standard InChI is InChI=1S/C64H42N2O/c1-3-14-45(15-4-1)56-25-13-26-59-60-41-49(32-39-63(60)67-64(56)59)48-19-11-18-47(40-48)43-28-33-51(34-29-43)65(52-35-30-46(31-36-52)55-24-12-17-44-16-7-8-22-54(44)55)53-37-38-58-57-23-9-10-27-61(57)66(62(58)42-53)50-20-5-2-6-21-50/h1-42H. The van der Waals surface area contributed by atoms with E-state index in [-0.39, 0.29) is 0 Å². The monoisotopic (exact) mass is 854 g/mol. The molecule has 0 spiro atoms. The Hall–Kier alpha value is -8.92. The van der Waals surface area contributed by atoms with Crippen LogP contribution in [0.2, 0.25) is 0 Å². The zero-order chi connectivity index (χ0) is 44.3. The number of benzene rings is 11. The summed E-state index contributed by atoms with van der Waals surface area (Å²) in [6.07, 6.45) is 0. The second-order valence-electron chi connectivity index (χ2n) is 17.3. The van der Waals surface area contributed by atoms with E-state index < -0.39 is 0 Å². The Morgan fingerprint density at radius 2 is 0.836 bits per heavy atom. The van der Waals surface area contributed by atoms with E-state index in [1.54, 1.807) is 0 Å². The molecule has 314 valence electrons. The third-order valence-electron chi connectivity index (χ3n) is 13.4. The SMILES string of the molecule is c1ccc(-c2cccc3c2oc2ccc(-c4cccc(-c5ccc(N(c6ccc(-c7cccc8ccccc78)cc6)c6ccc7c8ccccc8n(-c8ccccc8)c7c6)cc5)c4)cc23)cc1. The van der Waals surface area contributed by atoms with Crippen LogP contribution in [-0.4, -0.2) is 4.57 Å². The number of aromatic nitrogens is 1. The van der Waals surface area contributed by atoms with Gasteiger partial charge in [0.1, 0.15) is 11.2 Å². The molecule has 0 N–H and O–H groups in total. The minimum atomic E-state index is 0.891. The highest BCUT2D eigenvalue weighted by molar-refractivity contribution is 6.12. The van der Waals surface area contributed by atoms with Crippen molar-refractivity contribution in [1.82, 2.24) is 4.57 Å². The average Bonchev–Trinajstić information content (AvgIpc) is 3.95. The van der Waals surface area contributed by atoms with E-state index in [2.05, 4.69) is 258 Å². The number of hydrogen-bond acceptors (Lipinski definition) is 2. The highest BCUT2D eigenvalue weighted by Crippen LogP contribution is 2.42. The van der Waals surface area contributed by atoms with Crippen molar-refractivity contribution in [2.45, 2.75) is 0 Å². The first-order valence-electron chi connectivity index (χ1n) is 22.9. The molecule has 0 aliphatic carbocycles. The van der Waals surface area contributed by atoms with Gasteiger partial charge in [-0.1, -0.05) is 182 Å². The molecule has 0 saturated carbocycles. The molecule has 0 atom stereocenters. The van der Waals surface area contributed by atoms with Crippen molar-refractivity contribution in [2.75, 3.05) is 4.90 Å². The summed E-state index contributed by atoms with van der Waals surface area (Å²) in [7, 11) is 0. The maximum absolute atomic E-state index is 6.51. The molecule has 0 aliphatic rings. The van der Waals surface area contributed by atoms with E-state index in [1.165, 1.54) is 38.2 Å². The molecule has 0 aliphatic heterocycles. The van der Waals surface area contributed by atoms with E-state index in [0.29, 0.717) is 0 Å². The normalized spacial score (nSPS) is 11.6. The maximum atomic E-state index is 6.51. The van der Waals surface area contributed by atoms with Gasteiger partial charge in [0.25, 0.3) is 0 Å². The molecule has 3 heteroatoms. The Morgan fingerprint density at radius 1 is 0.299 bits per heavy atom. The zero-order valence-corrected chi connectivity index (χ0v) is 36.6. The van der Waals surface area contributed by atoms with Crippen molar-refractivity contribution in [3.05, 3.63) is 255 Å². The van der Waals surface area contributed by atoms with Crippen molar-refractivity contribution in [3.8, 4) is 50.2 Å². The molecule has 13 rings (SSSR count). The minimum Gasteiger partial charge on any atom is -0.455 e. The summed E-state index contributed by atoms with van der Waals surface area (Å²) in [5.74, 6) is 0. The number of nitrogens with zero attached hydrogens (tertiary/aromatic N) is 2. The molecule has 67 heavy (non-hydrogen) atoms. The number of furan rings is 1. The van der Waals surface area contributed by atoms with Crippen LogP contribution < -0.4 is 4.90 Å². The molecule has 3 nitrogen and oxygen atoms in total. The summed E-state index contributed by atoms with van der Waals surface area (Å²) in [4.78, 5) is 2.38. The highest BCUT2D eigenvalue weighted by atomic mass is 16.3. The minimum absolute atomic E-state index is 0.891. The second kappa shape index (κ2) is 16.0. The first kappa shape index (κ1) is 38.5. The molecule has 11 aromatic carbocycles. The fourth-order valence-electron chi connectivity index (χ4n) is 10.2. The fourth-order valence-corrected chi connectivity index (χ4v) is 10.2. The first-order valence-corrected chi connectivity index (χ1v) is 22.9. The molecule has 2 heterocycles. The largest absolute Gasteiger partial charge is 0.455 e. The van der Waals surface area contributed by atoms with E-state index in [4.69, 9.17) is 4.42 Å². The van der Waals surface area contributed by atoms with Crippen LogP contribution in [0.3, 0.4) is 0 Å². The second-order valence-corrected chi connectivity index (χ2v) is 17.3. The number of hydrogen-bond donors (Lipinski definition) is 0. The highest BCUT2D eigenvalue weighted by Gasteiger charge is 2.19. The van der Waals surface area contributed by atoms with Crippen LogP contribution in [0.25, 0.3) is 105 Å². The van der Waals surface area contributed by atoms with Crippen LogP contribution in [0.4, 0.5) is 17.1 Å². The molecule has 0 radical (unpaired) electrons. The Balaban J connectivity index is 0.896. The number of para-hydroxylation sites is 3. The van der Waals surface area contributed by atoms with Crippen LogP contribution >= 0.6 is 0 Å². The van der Waals surface area contributed by atoms with Gasteiger partial charge < -0.3 is 13.9 Å². The van der Waals surface area contributed by atoms with Crippen molar-refractivity contribution in [3.63, 3.8) is 0 Å². The van der Waals surface area contributed by atoms with Crippen LogP contribution in [0.15, 0.2) is 259 Å². The van der Waals surface area contributed by atoms with Gasteiger partial charge in [0, 0.05) is 49.9 Å². The van der Waals surface area contributed by atoms with E-state index >= 15 is 0 Å². The summed E-state index contributed by atoms with van der Waals surface area (Å²) < 4.78 is 8.90. The lowest BCUT2D eigenvalue weighted by atomic mass is 9.97. The number of rotatable bonds is 8. The molecule has 0 saturated heterocycles. The van der Waals surface area contributed by atoms with Gasteiger partial charge in [0.15, 0.2) is 0 Å². The summed E-state index contributed by atoms with van der Waals surface area (Å²) in [5.41, 5.74) is 17.8. The van der Waals surface area contributed by atoms with Gasteiger partial charge >= 0.3 is 0 Å². The van der Waals surface area contributed by atoms with Gasteiger partial charge in [0.2, 0.25) is 0 Å². The fraction of sp³-hybridized carbons (Fsp3) is 0. The number of anilines is 3. The van der Waals surface area contributed by atoms with E-state index in [1.807, 2.05) is 6.07 Å². The zero-order valence-electron chi connectivity index (χ0n) is 36.6. The maximum Gasteiger partial charge on any atom is 0.143 e. The van der Waals surface area contributed by atoms with Gasteiger partial charge in [-0.2, -0.15) is 0 Å². The van der Waals surface area contributed by atoms with Crippen molar-refractivity contribution >= 4 is 71.6 Å². The topological polar surface area (TPSA) is 21.3 Å². The van der Waals surface area contributed by atoms with Gasteiger partial charge in [-0.05, 0) is 123 Å². The Bertz CT molecular complexity index is 3950. The van der Waals surface area contributed by atoms with Crippen LogP contribution in [0.5, 0.6) is 0 Å². The third kappa shape index (κ3) is 6.67. The molecule has 2 aromatic heterocycles. The number of fused-ring (bicyclic) bond motifs is 7. The third-order valence-corrected chi connectivity index (χ3v) is 13.4. The summed E-state index contributed by atoms with van der Waals surface area (Å²) in [6, 6.07) is 91.9. The molecule has 13 aromatic rings. The molecule has 0 unspecified atom stereocenters. The Kier molecular flexibility index (Phi) is 9.17. The summed E-state index contributed by atoms with van der Waals surface area (Å²) in [6.45, 7) is 0. The molecule has 0 bridgehead atoms. The van der Waals surface area contributed by atoms with Crippen LogP contribution in [0.1, 0.15) is 0 Å². The van der Waals surface area contributed by atoms with Crippen molar-refractivity contribution < 1.29 is 4.42 Å². The summed E-state index contributed by atoms with van der Waals surface area (Å²) in [5, 5.41) is 7.19. The van der Waals surface area contributed by atoms with Crippen molar-refractivity contribution in [1.29, 1.82) is 0 Å². The van der Waals surface area contributed by atoms with E-state index in [9.17, 15) is 0 Å². The molecular weight excluding hydrogens is 813 g/mol. The van der Waals surface area contributed by atoms with E-state index in [0.717, 1.165) is 83.6 Å². The smallest absolute Gasteiger partial charge is 0.143 e. The van der Waals surface area contributed by atoms with Crippen LogP contribution in [-0.2, 0) is 0 Å².